The van der Waals surface area contributed by atoms with Gasteiger partial charge in [-0.15, -0.1) is 0 Å². The third-order valence-corrected chi connectivity index (χ3v) is 4.80. The van der Waals surface area contributed by atoms with Crippen LogP contribution in [-0.4, -0.2) is 30.8 Å². The zero-order chi connectivity index (χ0) is 16.5. The molecule has 0 aromatic carbocycles. The number of nitrogens with zero attached hydrogens (tertiary/aromatic N) is 1. The molecule has 1 N–H and O–H groups in total. The van der Waals surface area contributed by atoms with Crippen LogP contribution in [0.15, 0.2) is 29.4 Å². The highest BCUT2D eigenvalue weighted by Gasteiger charge is 2.15. The van der Waals surface area contributed by atoms with E-state index >= 15 is 0 Å². The summed E-state index contributed by atoms with van der Waals surface area (Å²) in [6.07, 6.45) is 7.42. The van der Waals surface area contributed by atoms with Crippen LogP contribution in [0.25, 0.3) is 0 Å². The maximum Gasteiger partial charge on any atom is 0.317 e. The molecule has 0 aliphatic heterocycles. The van der Waals surface area contributed by atoms with E-state index in [0.717, 1.165) is 24.6 Å². The third kappa shape index (κ3) is 6.48. The highest BCUT2D eigenvalue weighted by molar-refractivity contribution is 7.99. The monoisotopic (exact) mass is 338 g/mol. The summed E-state index contributed by atoms with van der Waals surface area (Å²) in [6.45, 7) is 0.392. The Morgan fingerprint density at radius 2 is 2.09 bits per heavy atom. The van der Waals surface area contributed by atoms with Gasteiger partial charge in [-0.05, 0) is 36.6 Å². The second-order valence-corrected chi connectivity index (χ2v) is 6.62. The second-order valence-electron chi connectivity index (χ2n) is 5.62. The molecule has 7 heteroatoms. The minimum Gasteiger partial charge on any atom is -0.618 e. The molecule has 0 spiro atoms. The van der Waals surface area contributed by atoms with Gasteiger partial charge in [-0.25, -0.2) is 0 Å². The van der Waals surface area contributed by atoms with Crippen molar-refractivity contribution in [1.82, 2.24) is 5.32 Å². The predicted molar refractivity (Wildman–Crippen MR) is 86.7 cm³/mol. The highest BCUT2D eigenvalue weighted by atomic mass is 32.2. The topological polar surface area (TPSA) is 82.3 Å². The average Bonchev–Trinajstić information content (AvgIpc) is 2.58. The number of rotatable bonds is 7. The molecule has 126 valence electrons. The lowest BCUT2D eigenvalue weighted by molar-refractivity contribution is -0.645. The number of thioether (sulfide) groups is 1. The van der Waals surface area contributed by atoms with Crippen molar-refractivity contribution in [3.05, 3.63) is 29.6 Å². The lowest BCUT2D eigenvalue weighted by atomic mass is 9.89. The number of esters is 1. The molecule has 0 bridgehead atoms. The summed E-state index contributed by atoms with van der Waals surface area (Å²) in [5.41, 5.74) is 0. The molecular formula is C16H22N2O4S. The van der Waals surface area contributed by atoms with Crippen LogP contribution >= 0.6 is 11.8 Å². The molecule has 1 fully saturated rings. The summed E-state index contributed by atoms with van der Waals surface area (Å²) >= 11 is 1.09. The largest absolute Gasteiger partial charge is 0.618 e. The Morgan fingerprint density at radius 1 is 1.30 bits per heavy atom. The van der Waals surface area contributed by atoms with E-state index in [-0.39, 0.29) is 18.3 Å². The maximum atomic E-state index is 11.7. The van der Waals surface area contributed by atoms with Crippen LogP contribution in [0.4, 0.5) is 0 Å². The molecule has 1 saturated carbocycles. The summed E-state index contributed by atoms with van der Waals surface area (Å²) in [4.78, 5) is 23.3. The fourth-order valence-corrected chi connectivity index (χ4v) is 3.26. The first-order chi connectivity index (χ1) is 11.1. The minimum absolute atomic E-state index is 0.00214. The van der Waals surface area contributed by atoms with E-state index in [2.05, 4.69) is 5.32 Å². The molecular weight excluding hydrogens is 316 g/mol. The minimum atomic E-state index is -0.508. The van der Waals surface area contributed by atoms with Crippen molar-refractivity contribution in [3.8, 4) is 0 Å². The average molecular weight is 338 g/mol. The number of carbonyl (C=O) groups is 2. The number of hydrogen-bond acceptors (Lipinski definition) is 5. The number of pyridine rings is 1. The van der Waals surface area contributed by atoms with Crippen molar-refractivity contribution in [2.45, 2.75) is 37.1 Å². The molecule has 1 aliphatic carbocycles. The van der Waals surface area contributed by atoms with E-state index in [1.54, 1.807) is 18.2 Å². The molecule has 0 saturated heterocycles. The van der Waals surface area contributed by atoms with Gasteiger partial charge < -0.3 is 15.3 Å². The Hall–Kier alpha value is -1.76. The quantitative estimate of drug-likeness (QED) is 0.354. The number of hydrogen-bond donors (Lipinski definition) is 1. The zero-order valence-corrected chi connectivity index (χ0v) is 13.8. The molecule has 1 amide bonds. The van der Waals surface area contributed by atoms with Gasteiger partial charge in [0.05, 0.1) is 0 Å². The lowest BCUT2D eigenvalue weighted by Crippen LogP contribution is -2.34. The van der Waals surface area contributed by atoms with Gasteiger partial charge in [0.15, 0.2) is 12.8 Å². The Kier molecular flexibility index (Phi) is 7.19. The Balaban J connectivity index is 1.60. The molecule has 1 heterocycles. The maximum absolute atomic E-state index is 11.7. The first kappa shape index (κ1) is 17.6. The molecule has 1 aromatic rings. The van der Waals surface area contributed by atoms with Crippen LogP contribution in [0.3, 0.4) is 0 Å². The van der Waals surface area contributed by atoms with Crippen LogP contribution in [-0.2, 0) is 14.3 Å². The first-order valence-electron chi connectivity index (χ1n) is 7.88. The van der Waals surface area contributed by atoms with Gasteiger partial charge in [0.1, 0.15) is 5.75 Å². The van der Waals surface area contributed by atoms with Crippen LogP contribution in [0.2, 0.25) is 0 Å². The van der Waals surface area contributed by atoms with Crippen LogP contribution in [0.5, 0.6) is 0 Å². The van der Waals surface area contributed by atoms with E-state index in [4.69, 9.17) is 4.74 Å². The van der Waals surface area contributed by atoms with Crippen molar-refractivity contribution < 1.29 is 19.1 Å². The molecule has 0 radical (unpaired) electrons. The molecule has 0 atom stereocenters. The molecule has 0 unspecified atom stereocenters. The Labute approximate surface area is 140 Å². The highest BCUT2D eigenvalue weighted by Crippen LogP contribution is 2.22. The first-order valence-corrected chi connectivity index (χ1v) is 8.87. The lowest BCUT2D eigenvalue weighted by Gasteiger charge is -2.21. The Morgan fingerprint density at radius 3 is 2.83 bits per heavy atom. The van der Waals surface area contributed by atoms with Crippen molar-refractivity contribution in [2.24, 2.45) is 5.92 Å². The van der Waals surface area contributed by atoms with Crippen molar-refractivity contribution in [2.75, 3.05) is 18.9 Å². The molecule has 2 rings (SSSR count). The van der Waals surface area contributed by atoms with Crippen molar-refractivity contribution in [1.29, 1.82) is 0 Å². The zero-order valence-electron chi connectivity index (χ0n) is 13.0. The van der Waals surface area contributed by atoms with Gasteiger partial charge in [0.2, 0.25) is 0 Å². The van der Waals surface area contributed by atoms with Gasteiger partial charge in [-0.3, -0.25) is 9.59 Å². The van der Waals surface area contributed by atoms with Crippen LogP contribution in [0.1, 0.15) is 32.1 Å². The molecule has 1 aromatic heterocycles. The third-order valence-electron chi connectivity index (χ3n) is 3.80. The van der Waals surface area contributed by atoms with Gasteiger partial charge in [-0.2, -0.15) is 4.73 Å². The summed E-state index contributed by atoms with van der Waals surface area (Å²) in [5, 5.41) is 14.6. The molecule has 1 aliphatic rings. The number of ether oxygens (including phenoxy) is 1. The predicted octanol–water partition coefficient (Wildman–Crippen LogP) is 1.65. The number of aromatic nitrogens is 1. The van der Waals surface area contributed by atoms with E-state index < -0.39 is 5.97 Å². The van der Waals surface area contributed by atoms with Crippen LogP contribution in [0, 0.1) is 11.1 Å². The number of carbonyl (C=O) groups excluding carboxylic acids is 2. The van der Waals surface area contributed by atoms with Crippen molar-refractivity contribution >= 4 is 23.6 Å². The van der Waals surface area contributed by atoms with E-state index in [9.17, 15) is 14.8 Å². The van der Waals surface area contributed by atoms with Crippen molar-refractivity contribution in [3.63, 3.8) is 0 Å². The summed E-state index contributed by atoms with van der Waals surface area (Å²) in [7, 11) is 0. The van der Waals surface area contributed by atoms with E-state index in [0.29, 0.717) is 22.2 Å². The standard InChI is InChI=1S/C16H22N2O4S/c19-14(17-10-13-6-2-1-3-7-13)11-22-16(20)12-23-15-8-4-5-9-18(15)21/h4-5,8-9,13H,1-3,6-7,10-12H2,(H,17,19). The van der Waals surface area contributed by atoms with Gasteiger partial charge in [0.25, 0.3) is 10.9 Å². The van der Waals surface area contributed by atoms with Crippen LogP contribution < -0.4 is 10.0 Å². The summed E-state index contributed by atoms with van der Waals surface area (Å²) in [6, 6.07) is 4.97. The van der Waals surface area contributed by atoms with E-state index in [1.165, 1.54) is 25.5 Å². The summed E-state index contributed by atoms with van der Waals surface area (Å²) < 4.78 is 5.61. The fraction of sp³-hybridized carbons (Fsp3) is 0.562. The Bertz CT molecular complexity index is 533. The van der Waals surface area contributed by atoms with Gasteiger partial charge >= 0.3 is 5.97 Å². The molecule has 23 heavy (non-hydrogen) atoms. The van der Waals surface area contributed by atoms with E-state index in [1.807, 2.05) is 0 Å². The van der Waals surface area contributed by atoms with Gasteiger partial charge in [0, 0.05) is 18.7 Å². The second kappa shape index (κ2) is 9.39. The normalized spacial score (nSPS) is 15.1. The number of amides is 1. The SMILES string of the molecule is O=C(COC(=O)CSc1cccc[n+]1[O-])NCC1CCCCC1. The smallest absolute Gasteiger partial charge is 0.317 e. The fourth-order valence-electron chi connectivity index (χ4n) is 2.55. The molecule has 6 nitrogen and oxygen atoms in total. The summed E-state index contributed by atoms with van der Waals surface area (Å²) in [5.74, 6) is -0.231. The van der Waals surface area contributed by atoms with Gasteiger partial charge in [-0.1, -0.05) is 19.3 Å². The number of nitrogens with one attached hydrogen (secondary N) is 1.